The molecule has 2 unspecified atom stereocenters. The summed E-state index contributed by atoms with van der Waals surface area (Å²) in [7, 11) is 2.11. The predicted octanol–water partition coefficient (Wildman–Crippen LogP) is 2.29. The fraction of sp³-hybridized carbons (Fsp3) is 0.750. The largest absolute Gasteiger partial charge is 0.475 e. The van der Waals surface area contributed by atoms with E-state index in [1.165, 1.54) is 25.7 Å². The number of anilines is 1. The van der Waals surface area contributed by atoms with Gasteiger partial charge in [-0.15, -0.1) is 0 Å². The summed E-state index contributed by atoms with van der Waals surface area (Å²) in [5.41, 5.74) is 0.958. The number of aryl methyl sites for hydroxylation is 1. The maximum absolute atomic E-state index is 5.74. The molecule has 0 radical (unpaired) electrons. The number of rotatable bonds is 4. The van der Waals surface area contributed by atoms with Gasteiger partial charge in [-0.05, 0) is 46.5 Å². The quantitative estimate of drug-likeness (QED) is 0.922. The normalized spacial score (nSPS) is 28.0. The number of piperidine rings is 1. The molecule has 116 valence electrons. The van der Waals surface area contributed by atoms with Gasteiger partial charge in [-0.2, -0.15) is 4.98 Å². The molecule has 21 heavy (non-hydrogen) atoms. The van der Waals surface area contributed by atoms with Crippen LogP contribution in [0.2, 0.25) is 0 Å². The van der Waals surface area contributed by atoms with Crippen LogP contribution in [0, 0.1) is 6.92 Å². The average molecular weight is 290 g/mol. The molecule has 3 rings (SSSR count). The first kappa shape index (κ1) is 14.6. The number of nitrogens with zero attached hydrogens (tertiary/aromatic N) is 3. The van der Waals surface area contributed by atoms with Gasteiger partial charge >= 0.3 is 0 Å². The van der Waals surface area contributed by atoms with E-state index >= 15 is 0 Å². The summed E-state index contributed by atoms with van der Waals surface area (Å²) >= 11 is 0. The van der Waals surface area contributed by atoms with Crippen molar-refractivity contribution >= 4 is 5.95 Å². The zero-order valence-electron chi connectivity index (χ0n) is 13.5. The SMILES string of the molecule is Cc1cc(OC(C)C)nc(N(C)C2CC3CCC(C2)N3)n1. The zero-order chi connectivity index (χ0) is 15.0. The van der Waals surface area contributed by atoms with Crippen LogP contribution in [-0.2, 0) is 0 Å². The molecular weight excluding hydrogens is 264 g/mol. The van der Waals surface area contributed by atoms with Gasteiger partial charge in [0.05, 0.1) is 6.10 Å². The Balaban J connectivity index is 1.77. The van der Waals surface area contributed by atoms with Crippen molar-refractivity contribution in [3.05, 3.63) is 11.8 Å². The first-order valence-electron chi connectivity index (χ1n) is 8.02. The van der Waals surface area contributed by atoms with Crippen LogP contribution in [-0.4, -0.2) is 41.2 Å². The minimum atomic E-state index is 0.132. The molecule has 5 nitrogen and oxygen atoms in total. The molecule has 0 aromatic carbocycles. The van der Waals surface area contributed by atoms with Crippen molar-refractivity contribution in [1.29, 1.82) is 0 Å². The van der Waals surface area contributed by atoms with Gasteiger partial charge in [0.15, 0.2) is 0 Å². The monoisotopic (exact) mass is 290 g/mol. The Morgan fingerprint density at radius 1 is 1.24 bits per heavy atom. The zero-order valence-corrected chi connectivity index (χ0v) is 13.5. The fourth-order valence-electron chi connectivity index (χ4n) is 3.49. The highest BCUT2D eigenvalue weighted by Crippen LogP contribution is 2.31. The third kappa shape index (κ3) is 3.28. The fourth-order valence-corrected chi connectivity index (χ4v) is 3.49. The Morgan fingerprint density at radius 2 is 1.90 bits per heavy atom. The van der Waals surface area contributed by atoms with Crippen LogP contribution in [0.4, 0.5) is 5.95 Å². The van der Waals surface area contributed by atoms with Crippen molar-refractivity contribution in [3.63, 3.8) is 0 Å². The summed E-state index contributed by atoms with van der Waals surface area (Å²) in [6.45, 7) is 6.04. The topological polar surface area (TPSA) is 50.3 Å². The van der Waals surface area contributed by atoms with Crippen LogP contribution in [0.3, 0.4) is 0 Å². The van der Waals surface area contributed by atoms with E-state index in [9.17, 15) is 0 Å². The van der Waals surface area contributed by atoms with Crippen LogP contribution < -0.4 is 15.0 Å². The molecular formula is C16H26N4O. The summed E-state index contributed by atoms with van der Waals surface area (Å²) in [6.07, 6.45) is 5.12. The van der Waals surface area contributed by atoms with Gasteiger partial charge in [-0.25, -0.2) is 4.98 Å². The number of nitrogens with one attached hydrogen (secondary N) is 1. The molecule has 1 aromatic heterocycles. The van der Waals surface area contributed by atoms with E-state index in [1.807, 2.05) is 26.8 Å². The van der Waals surface area contributed by atoms with Gasteiger partial charge in [-0.3, -0.25) is 0 Å². The Kier molecular flexibility index (Phi) is 4.02. The van der Waals surface area contributed by atoms with Crippen molar-refractivity contribution in [2.45, 2.75) is 70.7 Å². The van der Waals surface area contributed by atoms with Crippen LogP contribution in [0.5, 0.6) is 5.88 Å². The van der Waals surface area contributed by atoms with E-state index in [2.05, 4.69) is 27.2 Å². The molecule has 2 fully saturated rings. The van der Waals surface area contributed by atoms with E-state index in [0.717, 1.165) is 11.6 Å². The summed E-state index contributed by atoms with van der Waals surface area (Å²) in [5.74, 6) is 1.47. The number of hydrogen-bond donors (Lipinski definition) is 1. The Morgan fingerprint density at radius 3 is 2.52 bits per heavy atom. The van der Waals surface area contributed by atoms with Crippen LogP contribution in [0.1, 0.15) is 45.2 Å². The summed E-state index contributed by atoms with van der Waals surface area (Å²) < 4.78 is 5.74. The van der Waals surface area contributed by atoms with Crippen molar-refractivity contribution in [3.8, 4) is 5.88 Å². The molecule has 0 amide bonds. The molecule has 2 atom stereocenters. The highest BCUT2D eigenvalue weighted by Gasteiger charge is 2.35. The van der Waals surface area contributed by atoms with Gasteiger partial charge in [0.25, 0.3) is 0 Å². The van der Waals surface area contributed by atoms with Crippen molar-refractivity contribution in [2.75, 3.05) is 11.9 Å². The molecule has 0 aliphatic carbocycles. The van der Waals surface area contributed by atoms with Crippen LogP contribution in [0.25, 0.3) is 0 Å². The van der Waals surface area contributed by atoms with Crippen molar-refractivity contribution in [1.82, 2.24) is 15.3 Å². The minimum Gasteiger partial charge on any atom is -0.475 e. The smallest absolute Gasteiger partial charge is 0.228 e. The maximum Gasteiger partial charge on any atom is 0.228 e. The molecule has 1 aromatic rings. The number of fused-ring (bicyclic) bond motifs is 2. The molecule has 1 N–H and O–H groups in total. The van der Waals surface area contributed by atoms with E-state index < -0.39 is 0 Å². The van der Waals surface area contributed by atoms with Gasteiger partial charge in [0.2, 0.25) is 11.8 Å². The third-order valence-corrected chi connectivity index (χ3v) is 4.49. The maximum atomic E-state index is 5.74. The highest BCUT2D eigenvalue weighted by molar-refractivity contribution is 5.35. The predicted molar refractivity (Wildman–Crippen MR) is 83.9 cm³/mol. The lowest BCUT2D eigenvalue weighted by Crippen LogP contribution is -2.47. The second-order valence-electron chi connectivity index (χ2n) is 6.69. The Hall–Kier alpha value is -1.36. The van der Waals surface area contributed by atoms with Gasteiger partial charge in [0.1, 0.15) is 0 Å². The van der Waals surface area contributed by atoms with Gasteiger partial charge < -0.3 is 15.0 Å². The summed E-state index contributed by atoms with van der Waals surface area (Å²) in [4.78, 5) is 11.4. The first-order chi connectivity index (χ1) is 10.0. The summed E-state index contributed by atoms with van der Waals surface area (Å²) in [5, 5.41) is 3.68. The van der Waals surface area contributed by atoms with E-state index in [4.69, 9.17) is 4.74 Å². The molecule has 2 bridgehead atoms. The van der Waals surface area contributed by atoms with E-state index in [0.29, 0.717) is 24.0 Å². The van der Waals surface area contributed by atoms with E-state index in [-0.39, 0.29) is 6.10 Å². The lowest BCUT2D eigenvalue weighted by atomic mass is 9.99. The molecule has 5 heteroatoms. The molecule has 0 saturated carbocycles. The van der Waals surface area contributed by atoms with E-state index in [1.54, 1.807) is 0 Å². The second-order valence-corrected chi connectivity index (χ2v) is 6.69. The lowest BCUT2D eigenvalue weighted by Gasteiger charge is -2.35. The molecule has 2 aliphatic heterocycles. The van der Waals surface area contributed by atoms with Crippen LogP contribution >= 0.6 is 0 Å². The molecule has 0 spiro atoms. The second kappa shape index (κ2) is 5.79. The average Bonchev–Trinajstić information content (AvgIpc) is 2.75. The molecule has 3 heterocycles. The number of ether oxygens (including phenoxy) is 1. The van der Waals surface area contributed by atoms with Gasteiger partial charge in [-0.1, -0.05) is 0 Å². The van der Waals surface area contributed by atoms with Crippen molar-refractivity contribution < 1.29 is 4.74 Å². The Bertz CT molecular complexity index is 493. The number of hydrogen-bond acceptors (Lipinski definition) is 5. The molecule has 2 saturated heterocycles. The minimum absolute atomic E-state index is 0.132. The number of aromatic nitrogens is 2. The third-order valence-electron chi connectivity index (χ3n) is 4.49. The Labute approximate surface area is 127 Å². The van der Waals surface area contributed by atoms with Crippen molar-refractivity contribution in [2.24, 2.45) is 0 Å². The lowest BCUT2D eigenvalue weighted by molar-refractivity contribution is 0.232. The van der Waals surface area contributed by atoms with Crippen LogP contribution in [0.15, 0.2) is 6.07 Å². The highest BCUT2D eigenvalue weighted by atomic mass is 16.5. The summed E-state index contributed by atoms with van der Waals surface area (Å²) in [6, 6.07) is 3.78. The molecule has 2 aliphatic rings. The van der Waals surface area contributed by atoms with Gasteiger partial charge in [0, 0.05) is 36.9 Å². The standard InChI is InChI=1S/C16H26N4O/c1-10(2)21-15-7-11(3)17-16(19-15)20(4)14-8-12-5-6-13(9-14)18-12/h7,10,12-14,18H,5-6,8-9H2,1-4H3. The first-order valence-corrected chi connectivity index (χ1v) is 8.02.